The van der Waals surface area contributed by atoms with E-state index in [1.807, 2.05) is 0 Å². The maximum absolute atomic E-state index is 8.48. The minimum Gasteiger partial charge on any atom is -0.395 e. The first-order chi connectivity index (χ1) is 4.85. The molecule has 12 heavy (non-hydrogen) atoms. The Morgan fingerprint density at radius 1 is 0.667 bits per heavy atom. The third-order valence-electron chi connectivity index (χ3n) is 1.25. The van der Waals surface area contributed by atoms with E-state index in [1.165, 1.54) is 0 Å². The first-order valence-electron chi connectivity index (χ1n) is 3.40. The summed E-state index contributed by atoms with van der Waals surface area (Å²) in [6.07, 6.45) is 0. The molecule has 70 valence electrons. The minimum atomic E-state index is 0. The van der Waals surface area contributed by atoms with Gasteiger partial charge in [-0.3, -0.25) is 4.90 Å². The summed E-state index contributed by atoms with van der Waals surface area (Å²) in [7, 11) is 0. The van der Waals surface area contributed by atoms with Gasteiger partial charge in [0.05, 0.1) is 19.8 Å². The van der Waals surface area contributed by atoms with Crippen LogP contribution in [-0.4, -0.2) is 59.7 Å². The van der Waals surface area contributed by atoms with Gasteiger partial charge in [-0.25, -0.2) is 0 Å². The topological polar surface area (TPSA) is 63.9 Å². The summed E-state index contributed by atoms with van der Waals surface area (Å²) in [5.74, 6) is 0. The second-order valence-electron chi connectivity index (χ2n) is 2.01. The third kappa shape index (κ3) is 11.6. The van der Waals surface area contributed by atoms with Gasteiger partial charge in [0.1, 0.15) is 0 Å². The smallest absolute Gasteiger partial charge is 0.0558 e. The summed E-state index contributed by atoms with van der Waals surface area (Å²) in [6.45, 7) is 1.75. The number of aliphatic hydroxyl groups is 3. The van der Waals surface area contributed by atoms with Crippen molar-refractivity contribution in [3.8, 4) is 0 Å². The largest absolute Gasteiger partial charge is 0.395 e. The molecule has 0 aromatic carbocycles. The zero-order valence-electron chi connectivity index (χ0n) is 7.03. The quantitative estimate of drug-likeness (QED) is 0.541. The molecular weight excluding hydrogens is 317 g/mol. The Morgan fingerprint density at radius 2 is 0.917 bits per heavy atom. The van der Waals surface area contributed by atoms with Crippen molar-refractivity contribution >= 4 is 0 Å². The number of aliphatic hydroxyl groups excluding tert-OH is 3. The van der Waals surface area contributed by atoms with Crippen molar-refractivity contribution in [1.29, 1.82) is 0 Å². The predicted octanol–water partition coefficient (Wildman–Crippen LogP) is -1.74. The van der Waals surface area contributed by atoms with Crippen molar-refractivity contribution < 1.29 is 67.7 Å². The molecule has 0 aromatic heterocycles. The Hall–Kier alpha value is 1.61. The molecule has 4 nitrogen and oxygen atoms in total. The van der Waals surface area contributed by atoms with Crippen LogP contribution in [0.4, 0.5) is 0 Å². The van der Waals surface area contributed by atoms with Crippen LogP contribution in [0.1, 0.15) is 0 Å². The molecule has 0 atom stereocenters. The second-order valence-corrected chi connectivity index (χ2v) is 2.01. The second kappa shape index (κ2) is 15.1. The van der Waals surface area contributed by atoms with Crippen LogP contribution in [0.3, 0.4) is 0 Å². The first-order valence-corrected chi connectivity index (χ1v) is 3.40. The van der Waals surface area contributed by atoms with Crippen LogP contribution in [0.25, 0.3) is 0 Å². The van der Waals surface area contributed by atoms with E-state index in [0.29, 0.717) is 19.6 Å². The van der Waals surface area contributed by atoms with Crippen LogP contribution >= 0.6 is 0 Å². The molecule has 0 aliphatic rings. The molecule has 0 saturated carbocycles. The monoisotopic (exact) mass is 329 g/mol. The van der Waals surface area contributed by atoms with E-state index in [-0.39, 0.29) is 72.2 Å². The van der Waals surface area contributed by atoms with Crippen molar-refractivity contribution in [3.05, 3.63) is 0 Å². The molecule has 0 spiro atoms. The van der Waals surface area contributed by atoms with Crippen molar-refractivity contribution in [2.75, 3.05) is 39.5 Å². The van der Waals surface area contributed by atoms with E-state index in [2.05, 4.69) is 0 Å². The van der Waals surface area contributed by atoms with Gasteiger partial charge in [0, 0.05) is 72.0 Å². The van der Waals surface area contributed by atoms with E-state index in [0.717, 1.165) is 0 Å². The fraction of sp³-hybridized carbons (Fsp3) is 1.00. The van der Waals surface area contributed by atoms with E-state index < -0.39 is 0 Å². The molecule has 0 fully saturated rings. The molecular formula is C6H15NO3Zr2. The summed E-state index contributed by atoms with van der Waals surface area (Å²) < 4.78 is 0. The van der Waals surface area contributed by atoms with E-state index in [4.69, 9.17) is 15.3 Å². The zero-order valence-corrected chi connectivity index (χ0v) is 11.9. The van der Waals surface area contributed by atoms with E-state index in [9.17, 15) is 0 Å². The van der Waals surface area contributed by atoms with Gasteiger partial charge in [0.2, 0.25) is 0 Å². The predicted molar refractivity (Wildman–Crippen MR) is 37.7 cm³/mol. The molecule has 0 saturated heterocycles. The molecule has 0 radical (unpaired) electrons. The Labute approximate surface area is 111 Å². The number of nitrogens with zero attached hydrogens (tertiary/aromatic N) is 1. The molecule has 6 heteroatoms. The SMILES string of the molecule is OCCN(CCO)CCO.[Zr].[Zr]. The van der Waals surface area contributed by atoms with Gasteiger partial charge in [-0.2, -0.15) is 0 Å². The maximum Gasteiger partial charge on any atom is 0.0558 e. The van der Waals surface area contributed by atoms with E-state index >= 15 is 0 Å². The van der Waals surface area contributed by atoms with Gasteiger partial charge in [-0.1, -0.05) is 0 Å². The first kappa shape index (κ1) is 19.2. The summed E-state index contributed by atoms with van der Waals surface area (Å²) in [5.41, 5.74) is 0. The molecule has 0 aromatic rings. The Morgan fingerprint density at radius 3 is 1.08 bits per heavy atom. The molecule has 0 amide bonds. The maximum atomic E-state index is 8.48. The van der Waals surface area contributed by atoms with Crippen LogP contribution in [0.15, 0.2) is 0 Å². The van der Waals surface area contributed by atoms with Crippen molar-refractivity contribution in [3.63, 3.8) is 0 Å². The van der Waals surface area contributed by atoms with Gasteiger partial charge >= 0.3 is 0 Å². The summed E-state index contributed by atoms with van der Waals surface area (Å²) >= 11 is 0. The molecule has 0 aliphatic heterocycles. The Bertz CT molecular complexity index is 63.5. The minimum absolute atomic E-state index is 0. The van der Waals surface area contributed by atoms with Crippen molar-refractivity contribution in [2.24, 2.45) is 0 Å². The fourth-order valence-electron chi connectivity index (χ4n) is 0.760. The Balaban J connectivity index is -0.000000405. The summed E-state index contributed by atoms with van der Waals surface area (Å²) in [5, 5.41) is 25.5. The normalized spacial score (nSPS) is 9.00. The molecule has 0 aliphatic carbocycles. The van der Waals surface area contributed by atoms with Crippen LogP contribution in [0.5, 0.6) is 0 Å². The van der Waals surface area contributed by atoms with Crippen molar-refractivity contribution in [2.45, 2.75) is 0 Å². The van der Waals surface area contributed by atoms with Crippen LogP contribution < -0.4 is 0 Å². The van der Waals surface area contributed by atoms with E-state index in [1.54, 1.807) is 4.90 Å². The summed E-state index contributed by atoms with van der Waals surface area (Å²) in [4.78, 5) is 1.79. The van der Waals surface area contributed by atoms with Crippen LogP contribution in [0.2, 0.25) is 0 Å². The van der Waals surface area contributed by atoms with Gasteiger partial charge in [-0.15, -0.1) is 0 Å². The fourth-order valence-corrected chi connectivity index (χ4v) is 0.760. The van der Waals surface area contributed by atoms with Crippen LogP contribution in [0, 0.1) is 0 Å². The van der Waals surface area contributed by atoms with Crippen molar-refractivity contribution in [1.82, 2.24) is 4.90 Å². The van der Waals surface area contributed by atoms with Crippen LogP contribution in [-0.2, 0) is 52.4 Å². The number of rotatable bonds is 6. The third-order valence-corrected chi connectivity index (χ3v) is 1.25. The Kier molecular flexibility index (Phi) is 24.2. The standard InChI is InChI=1S/C6H15NO3.2Zr/c8-4-1-7(2-5-9)3-6-10;;/h8-10H,1-6H2;;. The summed E-state index contributed by atoms with van der Waals surface area (Å²) in [6, 6.07) is 0. The van der Waals surface area contributed by atoms with Gasteiger partial charge in [0.25, 0.3) is 0 Å². The molecule has 3 N–H and O–H groups in total. The molecule has 0 bridgehead atoms. The molecule has 0 unspecified atom stereocenters. The van der Waals surface area contributed by atoms with Gasteiger partial charge in [-0.05, 0) is 0 Å². The van der Waals surface area contributed by atoms with Gasteiger partial charge < -0.3 is 15.3 Å². The zero-order chi connectivity index (χ0) is 7.82. The number of hydrogen-bond acceptors (Lipinski definition) is 4. The molecule has 0 heterocycles. The average molecular weight is 332 g/mol. The molecule has 0 rings (SSSR count). The van der Waals surface area contributed by atoms with Gasteiger partial charge in [0.15, 0.2) is 0 Å². The number of hydrogen-bond donors (Lipinski definition) is 3. The average Bonchev–Trinajstić information content (AvgIpc) is 1.90.